The molecule has 0 atom stereocenters. The Morgan fingerprint density at radius 2 is 1.21 bits per heavy atom. The van der Waals surface area contributed by atoms with E-state index in [1.165, 1.54) is 74.6 Å². The molecule has 11 aromatic rings. The van der Waals surface area contributed by atoms with Crippen molar-refractivity contribution >= 4 is 87.0 Å². The van der Waals surface area contributed by atoms with Gasteiger partial charge >= 0.3 is 0 Å². The van der Waals surface area contributed by atoms with Crippen LogP contribution in [0.5, 0.6) is 0 Å². The SMILES string of the molecule is C=Cc1c(/C=C\C)nc(-c2ccc(-n3c4cc(-c5ccc6ccccc6c5)ccc4c4c5sc6ccccc6c5c5ccccc5c43)cc2)n1-c1ccccc1. The van der Waals surface area contributed by atoms with Gasteiger partial charge in [0.25, 0.3) is 0 Å². The molecule has 3 aromatic heterocycles. The van der Waals surface area contributed by atoms with Crippen molar-refractivity contribution in [2.45, 2.75) is 6.92 Å². The molecule has 56 heavy (non-hydrogen) atoms. The van der Waals surface area contributed by atoms with Gasteiger partial charge in [-0.1, -0.05) is 122 Å². The van der Waals surface area contributed by atoms with E-state index in [1.54, 1.807) is 0 Å². The minimum Gasteiger partial charge on any atom is -0.309 e. The zero-order valence-electron chi connectivity index (χ0n) is 30.8. The van der Waals surface area contributed by atoms with Crippen molar-refractivity contribution in [3.63, 3.8) is 0 Å². The number of imidazole rings is 1. The minimum absolute atomic E-state index is 0.879. The van der Waals surface area contributed by atoms with Crippen LogP contribution in [0, 0.1) is 0 Å². The molecule has 0 saturated carbocycles. The molecule has 0 fully saturated rings. The maximum Gasteiger partial charge on any atom is 0.145 e. The topological polar surface area (TPSA) is 22.8 Å². The second-order valence-electron chi connectivity index (χ2n) is 14.3. The molecule has 264 valence electrons. The number of para-hydroxylation sites is 1. The van der Waals surface area contributed by atoms with E-state index in [2.05, 4.69) is 180 Å². The van der Waals surface area contributed by atoms with Gasteiger partial charge in [0.05, 0.1) is 22.4 Å². The second-order valence-corrected chi connectivity index (χ2v) is 15.4. The Morgan fingerprint density at radius 1 is 0.554 bits per heavy atom. The lowest BCUT2D eigenvalue weighted by Crippen LogP contribution is -2.00. The summed E-state index contributed by atoms with van der Waals surface area (Å²) in [7, 11) is 0. The van der Waals surface area contributed by atoms with Gasteiger partial charge < -0.3 is 4.57 Å². The fourth-order valence-electron chi connectivity index (χ4n) is 8.70. The Labute approximate surface area is 328 Å². The van der Waals surface area contributed by atoms with E-state index in [-0.39, 0.29) is 0 Å². The van der Waals surface area contributed by atoms with Crippen LogP contribution in [0.25, 0.3) is 110 Å². The number of hydrogen-bond acceptors (Lipinski definition) is 2. The number of thiophene rings is 1. The first kappa shape index (κ1) is 32.4. The molecule has 4 heteroatoms. The second kappa shape index (κ2) is 12.8. The van der Waals surface area contributed by atoms with Crippen molar-refractivity contribution in [3.05, 3.63) is 188 Å². The first-order valence-corrected chi connectivity index (χ1v) is 19.9. The van der Waals surface area contributed by atoms with Gasteiger partial charge in [0.2, 0.25) is 0 Å². The lowest BCUT2D eigenvalue weighted by molar-refractivity contribution is 1.05. The lowest BCUT2D eigenvalue weighted by Gasteiger charge is -2.13. The third-order valence-corrected chi connectivity index (χ3v) is 12.4. The average Bonchev–Trinajstić information content (AvgIpc) is 3.94. The monoisotopic (exact) mass is 733 g/mol. The Kier molecular flexibility index (Phi) is 7.41. The average molecular weight is 734 g/mol. The first-order valence-electron chi connectivity index (χ1n) is 19.0. The van der Waals surface area contributed by atoms with E-state index in [4.69, 9.17) is 4.98 Å². The van der Waals surface area contributed by atoms with E-state index < -0.39 is 0 Å². The highest BCUT2D eigenvalue weighted by Crippen LogP contribution is 2.48. The maximum absolute atomic E-state index is 5.17. The fourth-order valence-corrected chi connectivity index (χ4v) is 9.98. The van der Waals surface area contributed by atoms with E-state index in [1.807, 2.05) is 36.5 Å². The predicted octanol–water partition coefficient (Wildman–Crippen LogP) is 14.7. The molecule has 0 spiro atoms. The van der Waals surface area contributed by atoms with E-state index in [0.29, 0.717) is 0 Å². The van der Waals surface area contributed by atoms with Crippen LogP contribution in [-0.4, -0.2) is 14.1 Å². The molecule has 0 saturated heterocycles. The highest BCUT2D eigenvalue weighted by molar-refractivity contribution is 7.27. The zero-order chi connectivity index (χ0) is 37.3. The van der Waals surface area contributed by atoms with E-state index >= 15 is 0 Å². The van der Waals surface area contributed by atoms with Crippen molar-refractivity contribution in [1.82, 2.24) is 14.1 Å². The highest BCUT2D eigenvalue weighted by Gasteiger charge is 2.23. The zero-order valence-corrected chi connectivity index (χ0v) is 31.6. The molecule has 0 N–H and O–H groups in total. The molecule has 0 aliphatic heterocycles. The molecule has 0 amide bonds. The van der Waals surface area contributed by atoms with Gasteiger partial charge in [-0.2, -0.15) is 0 Å². The van der Waals surface area contributed by atoms with E-state index in [9.17, 15) is 0 Å². The summed E-state index contributed by atoms with van der Waals surface area (Å²) in [5.74, 6) is 0.879. The molecule has 0 radical (unpaired) electrons. The number of aromatic nitrogens is 3. The standard InChI is InChI=1S/C52H35N3S/c1-3-14-44-45(4-2)55(38-17-6-5-7-18-38)52(53-44)34-25-28-39(29-26-34)54-46-32-37(36-24-23-33-15-8-9-16-35(33)31-36)27-30-42(46)49-50(54)41-20-11-10-19-40(41)48-43-21-12-13-22-47(43)56-51(48)49/h3-32H,2H2,1H3/b14-3-. The molecule has 0 aliphatic carbocycles. The van der Waals surface area contributed by atoms with Crippen LogP contribution in [0.4, 0.5) is 0 Å². The fraction of sp³-hybridized carbons (Fsp3) is 0.0192. The lowest BCUT2D eigenvalue weighted by atomic mass is 9.98. The van der Waals surface area contributed by atoms with Crippen molar-refractivity contribution in [3.8, 4) is 33.9 Å². The van der Waals surface area contributed by atoms with Crippen molar-refractivity contribution < 1.29 is 0 Å². The smallest absolute Gasteiger partial charge is 0.145 e. The third-order valence-electron chi connectivity index (χ3n) is 11.2. The van der Waals surface area contributed by atoms with Crippen LogP contribution in [0.15, 0.2) is 176 Å². The van der Waals surface area contributed by atoms with Gasteiger partial charge in [-0.15, -0.1) is 11.3 Å². The van der Waals surface area contributed by atoms with Crippen molar-refractivity contribution in [1.29, 1.82) is 0 Å². The summed E-state index contributed by atoms with van der Waals surface area (Å²) in [5.41, 5.74) is 9.86. The first-order chi connectivity index (χ1) is 27.7. The molecule has 0 bridgehead atoms. The van der Waals surface area contributed by atoms with E-state index in [0.717, 1.165) is 34.2 Å². The summed E-state index contributed by atoms with van der Waals surface area (Å²) in [5, 5.41) is 10.2. The summed E-state index contributed by atoms with van der Waals surface area (Å²) in [6, 6.07) is 59.6. The largest absolute Gasteiger partial charge is 0.309 e. The van der Waals surface area contributed by atoms with Gasteiger partial charge in [0.1, 0.15) is 5.82 Å². The van der Waals surface area contributed by atoms with Crippen LogP contribution >= 0.6 is 11.3 Å². The summed E-state index contributed by atoms with van der Waals surface area (Å²) in [6.45, 7) is 6.20. The molecule has 8 aromatic carbocycles. The molecule has 0 aliphatic rings. The molecule has 3 nitrogen and oxygen atoms in total. The Balaban J connectivity index is 1.20. The Hall–Kier alpha value is -7.01. The van der Waals surface area contributed by atoms with Crippen LogP contribution < -0.4 is 0 Å². The number of nitrogens with zero attached hydrogens (tertiary/aromatic N) is 3. The molecular formula is C52H35N3S. The third kappa shape index (κ3) is 4.86. The summed E-state index contributed by atoms with van der Waals surface area (Å²) < 4.78 is 7.34. The molecule has 3 heterocycles. The van der Waals surface area contributed by atoms with Gasteiger partial charge in [0, 0.05) is 53.3 Å². The molecular weight excluding hydrogens is 699 g/mol. The minimum atomic E-state index is 0.879. The van der Waals surface area contributed by atoms with Gasteiger partial charge in [0.15, 0.2) is 0 Å². The van der Waals surface area contributed by atoms with Crippen molar-refractivity contribution in [2.24, 2.45) is 0 Å². The van der Waals surface area contributed by atoms with Gasteiger partial charge in [-0.3, -0.25) is 4.57 Å². The van der Waals surface area contributed by atoms with Gasteiger partial charge in [-0.25, -0.2) is 4.98 Å². The Morgan fingerprint density at radius 3 is 2.02 bits per heavy atom. The summed E-state index contributed by atoms with van der Waals surface area (Å²) in [4.78, 5) is 5.17. The summed E-state index contributed by atoms with van der Waals surface area (Å²) >= 11 is 1.90. The molecule has 11 rings (SSSR count). The van der Waals surface area contributed by atoms with Crippen LogP contribution in [0.1, 0.15) is 18.3 Å². The number of benzene rings is 8. The highest BCUT2D eigenvalue weighted by atomic mass is 32.1. The number of rotatable bonds is 6. The molecule has 0 unspecified atom stereocenters. The maximum atomic E-state index is 5.17. The Bertz CT molecular complexity index is 3380. The normalized spacial score (nSPS) is 12.0. The van der Waals surface area contributed by atoms with Gasteiger partial charge in [-0.05, 0) is 101 Å². The van der Waals surface area contributed by atoms with Crippen molar-refractivity contribution in [2.75, 3.05) is 0 Å². The predicted molar refractivity (Wildman–Crippen MR) is 241 cm³/mol. The van der Waals surface area contributed by atoms with Crippen LogP contribution in [-0.2, 0) is 0 Å². The quantitative estimate of drug-likeness (QED) is 0.167. The van der Waals surface area contributed by atoms with Crippen LogP contribution in [0.2, 0.25) is 0 Å². The number of allylic oxidation sites excluding steroid dienone is 1. The summed E-state index contributed by atoms with van der Waals surface area (Å²) in [6.07, 6.45) is 5.99. The number of hydrogen-bond donors (Lipinski definition) is 0. The number of fused-ring (bicyclic) bond motifs is 11. The van der Waals surface area contributed by atoms with Crippen LogP contribution in [0.3, 0.4) is 0 Å².